The first kappa shape index (κ1) is 25.3. The Bertz CT molecular complexity index is 1260. The lowest BCUT2D eigenvalue weighted by molar-refractivity contribution is -0.119. The van der Waals surface area contributed by atoms with Gasteiger partial charge >= 0.3 is 0 Å². The van der Waals surface area contributed by atoms with Crippen LogP contribution in [0.3, 0.4) is 0 Å². The van der Waals surface area contributed by atoms with Gasteiger partial charge in [-0.1, -0.05) is 35.9 Å². The zero-order valence-electron chi connectivity index (χ0n) is 19.1. The Kier molecular flexibility index (Phi) is 8.31. The van der Waals surface area contributed by atoms with E-state index < -0.39 is 22.5 Å². The smallest absolute Gasteiger partial charge is 0.264 e. The largest absolute Gasteiger partial charge is 0.491 e. The molecule has 7 nitrogen and oxygen atoms in total. The van der Waals surface area contributed by atoms with Crippen molar-refractivity contribution in [2.75, 3.05) is 10.8 Å². The molecular formula is C25H26ClN3O4S. The van der Waals surface area contributed by atoms with E-state index in [2.05, 4.69) is 10.5 Å². The van der Waals surface area contributed by atoms with Crippen LogP contribution in [0, 0.1) is 6.92 Å². The van der Waals surface area contributed by atoms with E-state index in [0.717, 1.165) is 21.2 Å². The molecule has 0 unspecified atom stereocenters. The third-order valence-corrected chi connectivity index (χ3v) is 6.91. The van der Waals surface area contributed by atoms with Crippen LogP contribution >= 0.6 is 11.6 Å². The number of nitrogens with one attached hydrogen (secondary N) is 1. The van der Waals surface area contributed by atoms with Crippen LogP contribution < -0.4 is 14.5 Å². The van der Waals surface area contributed by atoms with Crippen LogP contribution in [0.25, 0.3) is 0 Å². The first-order chi connectivity index (χ1) is 16.2. The highest BCUT2D eigenvalue weighted by Gasteiger charge is 2.27. The van der Waals surface area contributed by atoms with Crippen molar-refractivity contribution in [3.8, 4) is 5.75 Å². The van der Waals surface area contributed by atoms with Crippen LogP contribution in [0.2, 0.25) is 5.02 Å². The maximum atomic E-state index is 13.3. The van der Waals surface area contributed by atoms with E-state index in [1.807, 2.05) is 20.8 Å². The van der Waals surface area contributed by atoms with E-state index in [-0.39, 0.29) is 16.7 Å². The number of carbonyl (C=O) groups is 1. The predicted molar refractivity (Wildman–Crippen MR) is 135 cm³/mol. The molecule has 0 saturated carbocycles. The third kappa shape index (κ3) is 6.59. The van der Waals surface area contributed by atoms with Gasteiger partial charge in [0.15, 0.2) is 0 Å². The fraction of sp³-hybridized carbons (Fsp3) is 0.200. The van der Waals surface area contributed by atoms with Gasteiger partial charge in [0.25, 0.3) is 15.9 Å². The molecule has 1 amide bonds. The minimum atomic E-state index is -4.02. The molecule has 3 rings (SSSR count). The van der Waals surface area contributed by atoms with Crippen molar-refractivity contribution in [1.29, 1.82) is 0 Å². The van der Waals surface area contributed by atoms with Crippen molar-refractivity contribution < 1.29 is 17.9 Å². The molecule has 3 aromatic carbocycles. The number of amides is 1. The number of hydrazone groups is 1. The summed E-state index contributed by atoms with van der Waals surface area (Å²) in [6.07, 6.45) is 1.54. The van der Waals surface area contributed by atoms with Crippen molar-refractivity contribution in [2.24, 2.45) is 5.10 Å². The quantitative estimate of drug-likeness (QED) is 0.339. The Morgan fingerprint density at radius 3 is 2.38 bits per heavy atom. The van der Waals surface area contributed by atoms with Gasteiger partial charge in [0.1, 0.15) is 12.3 Å². The molecule has 0 bridgehead atoms. The van der Waals surface area contributed by atoms with Crippen molar-refractivity contribution in [1.82, 2.24) is 5.43 Å². The number of benzene rings is 3. The summed E-state index contributed by atoms with van der Waals surface area (Å²) in [6, 6.07) is 19.9. The zero-order chi connectivity index (χ0) is 24.7. The summed E-state index contributed by atoms with van der Waals surface area (Å²) >= 11 is 6.23. The number of sulfonamides is 1. The Morgan fingerprint density at radius 1 is 1.09 bits per heavy atom. The molecular weight excluding hydrogens is 474 g/mol. The van der Waals surface area contributed by atoms with Gasteiger partial charge in [-0.15, -0.1) is 0 Å². The van der Waals surface area contributed by atoms with E-state index in [1.165, 1.54) is 24.4 Å². The molecule has 178 valence electrons. The molecule has 0 radical (unpaired) electrons. The maximum absolute atomic E-state index is 13.3. The summed E-state index contributed by atoms with van der Waals surface area (Å²) in [4.78, 5) is 12.7. The summed E-state index contributed by atoms with van der Waals surface area (Å²) in [5.41, 5.74) is 4.20. The topological polar surface area (TPSA) is 88.1 Å². The number of carbonyl (C=O) groups excluding carboxylic acids is 1. The fourth-order valence-electron chi connectivity index (χ4n) is 3.02. The highest BCUT2D eigenvalue weighted by atomic mass is 35.5. The van der Waals surface area contributed by atoms with Gasteiger partial charge < -0.3 is 4.74 Å². The molecule has 3 aromatic rings. The summed E-state index contributed by atoms with van der Waals surface area (Å²) in [5, 5.41) is 4.35. The highest BCUT2D eigenvalue weighted by Crippen LogP contribution is 2.27. The van der Waals surface area contributed by atoms with Gasteiger partial charge in [-0.3, -0.25) is 9.10 Å². The second kappa shape index (κ2) is 11.2. The first-order valence-corrected chi connectivity index (χ1v) is 12.4. The van der Waals surface area contributed by atoms with Crippen molar-refractivity contribution >= 4 is 39.4 Å². The van der Waals surface area contributed by atoms with Gasteiger partial charge in [-0.05, 0) is 80.4 Å². The maximum Gasteiger partial charge on any atom is 0.264 e. The number of hydrogen-bond acceptors (Lipinski definition) is 5. The molecule has 0 aliphatic rings. The summed E-state index contributed by atoms with van der Waals surface area (Å²) in [6.45, 7) is 5.22. The van der Waals surface area contributed by atoms with E-state index in [0.29, 0.717) is 5.02 Å². The fourth-order valence-corrected chi connectivity index (χ4v) is 4.63. The van der Waals surface area contributed by atoms with Crippen LogP contribution in [-0.4, -0.2) is 33.2 Å². The molecule has 9 heteroatoms. The van der Waals surface area contributed by atoms with Gasteiger partial charge in [-0.25, -0.2) is 13.8 Å². The van der Waals surface area contributed by atoms with E-state index in [1.54, 1.807) is 54.6 Å². The standard InChI is InChI=1S/C25H26ClN3O4S/c1-18(2)33-22-13-10-20(11-14-22)16-27-28-25(30)17-29(21-12-9-19(3)24(26)15-21)34(31,32)23-7-5-4-6-8-23/h4-16,18H,17H2,1-3H3,(H,28,30)/b27-16-. The molecule has 0 aliphatic heterocycles. The number of rotatable bonds is 9. The molecule has 0 atom stereocenters. The van der Waals surface area contributed by atoms with Crippen LogP contribution in [0.4, 0.5) is 5.69 Å². The number of anilines is 1. The van der Waals surface area contributed by atoms with Crippen molar-refractivity contribution in [2.45, 2.75) is 31.8 Å². The zero-order valence-corrected chi connectivity index (χ0v) is 20.7. The molecule has 0 saturated heterocycles. The molecule has 0 aromatic heterocycles. The van der Waals surface area contributed by atoms with Crippen LogP contribution in [0.5, 0.6) is 5.75 Å². The molecule has 0 fully saturated rings. The highest BCUT2D eigenvalue weighted by molar-refractivity contribution is 7.92. The molecule has 0 spiro atoms. The Morgan fingerprint density at radius 2 is 1.76 bits per heavy atom. The average Bonchev–Trinajstić information content (AvgIpc) is 2.81. The Labute approximate surface area is 205 Å². The number of aryl methyl sites for hydroxylation is 1. The number of halogens is 1. The SMILES string of the molecule is Cc1ccc(N(CC(=O)N/N=C\c2ccc(OC(C)C)cc2)S(=O)(=O)c2ccccc2)cc1Cl. The second-order valence-corrected chi connectivity index (χ2v) is 10.1. The average molecular weight is 500 g/mol. The van der Waals surface area contributed by atoms with Crippen molar-refractivity contribution in [3.63, 3.8) is 0 Å². The second-order valence-electron chi connectivity index (χ2n) is 7.79. The monoisotopic (exact) mass is 499 g/mol. The summed E-state index contributed by atoms with van der Waals surface area (Å²) in [5.74, 6) is 0.127. The lowest BCUT2D eigenvalue weighted by Gasteiger charge is -2.24. The van der Waals surface area contributed by atoms with E-state index >= 15 is 0 Å². The lowest BCUT2D eigenvalue weighted by atomic mass is 10.2. The van der Waals surface area contributed by atoms with Gasteiger partial charge in [0.2, 0.25) is 0 Å². The molecule has 34 heavy (non-hydrogen) atoms. The molecule has 0 aliphatic carbocycles. The minimum absolute atomic E-state index is 0.0618. The normalized spacial score (nSPS) is 11.6. The number of hydrogen-bond donors (Lipinski definition) is 1. The number of ether oxygens (including phenoxy) is 1. The van der Waals surface area contributed by atoms with Crippen LogP contribution in [-0.2, 0) is 14.8 Å². The first-order valence-electron chi connectivity index (χ1n) is 10.6. The minimum Gasteiger partial charge on any atom is -0.491 e. The molecule has 1 N–H and O–H groups in total. The van der Waals surface area contributed by atoms with E-state index in [4.69, 9.17) is 16.3 Å². The third-order valence-electron chi connectivity index (χ3n) is 4.72. The lowest BCUT2D eigenvalue weighted by Crippen LogP contribution is -2.39. The predicted octanol–water partition coefficient (Wildman–Crippen LogP) is 4.78. The number of nitrogens with zero attached hydrogens (tertiary/aromatic N) is 2. The Hall–Kier alpha value is -3.36. The van der Waals surface area contributed by atoms with Crippen molar-refractivity contribution in [3.05, 3.63) is 88.9 Å². The van der Waals surface area contributed by atoms with E-state index in [9.17, 15) is 13.2 Å². The van der Waals surface area contributed by atoms with Gasteiger partial charge in [0, 0.05) is 5.02 Å². The van der Waals surface area contributed by atoms with Gasteiger partial charge in [-0.2, -0.15) is 5.10 Å². The summed E-state index contributed by atoms with van der Waals surface area (Å²) < 4.78 is 33.2. The summed E-state index contributed by atoms with van der Waals surface area (Å²) in [7, 11) is -4.02. The van der Waals surface area contributed by atoms with Crippen LogP contribution in [0.1, 0.15) is 25.0 Å². The van der Waals surface area contributed by atoms with Gasteiger partial charge in [0.05, 0.1) is 22.9 Å². The van der Waals surface area contributed by atoms with Crippen LogP contribution in [0.15, 0.2) is 82.8 Å². The molecule has 0 heterocycles. The Balaban J connectivity index is 1.77.